The second kappa shape index (κ2) is 4.02. The summed E-state index contributed by atoms with van der Waals surface area (Å²) < 4.78 is 0. The highest BCUT2D eigenvalue weighted by atomic mass is 32.2. The molecule has 0 aliphatic heterocycles. The molecule has 48 valence electrons. The fourth-order valence-electron chi connectivity index (χ4n) is 0.423. The van der Waals surface area contributed by atoms with Crippen LogP contribution in [-0.2, 0) is 0 Å². The van der Waals surface area contributed by atoms with Crippen LogP contribution in [-0.4, -0.2) is 6.26 Å². The third-order valence-corrected chi connectivity index (χ3v) is 2.40. The molecule has 0 aromatic carbocycles. The van der Waals surface area contributed by atoms with Crippen molar-refractivity contribution < 1.29 is 0 Å². The van der Waals surface area contributed by atoms with Gasteiger partial charge in [0.15, 0.2) is 0 Å². The van der Waals surface area contributed by atoms with Gasteiger partial charge in [0.25, 0.3) is 0 Å². The molecular formula is C7H14S. The minimum Gasteiger partial charge on any atom is -0.134 e. The summed E-state index contributed by atoms with van der Waals surface area (Å²) in [7, 11) is 0. The number of rotatable bonds is 2. The molecule has 0 spiro atoms. The first-order valence-electron chi connectivity index (χ1n) is 2.92. The maximum Gasteiger partial charge on any atom is -0.0140 e. The summed E-state index contributed by atoms with van der Waals surface area (Å²) in [5, 5.41) is 0. The van der Waals surface area contributed by atoms with Gasteiger partial charge in [-0.1, -0.05) is 12.5 Å². The van der Waals surface area contributed by atoms with E-state index in [-0.39, 0.29) is 0 Å². The van der Waals surface area contributed by atoms with E-state index in [1.807, 2.05) is 11.8 Å². The highest BCUT2D eigenvalue weighted by molar-refractivity contribution is 8.02. The first-order valence-corrected chi connectivity index (χ1v) is 4.15. The Kier molecular flexibility index (Phi) is 4.06. The SMILES string of the molecule is CCC(C)=C(C)SC. The maximum absolute atomic E-state index is 2.19. The van der Waals surface area contributed by atoms with E-state index < -0.39 is 0 Å². The predicted molar refractivity (Wildman–Crippen MR) is 42.2 cm³/mol. The molecule has 0 bridgehead atoms. The minimum absolute atomic E-state index is 1.19. The Hall–Kier alpha value is 0.0900. The highest BCUT2D eigenvalue weighted by Gasteiger charge is 1.88. The average molecular weight is 130 g/mol. The van der Waals surface area contributed by atoms with E-state index in [4.69, 9.17) is 0 Å². The predicted octanol–water partition coefficient (Wildman–Crippen LogP) is 3.05. The molecule has 0 unspecified atom stereocenters. The van der Waals surface area contributed by atoms with Gasteiger partial charge < -0.3 is 0 Å². The molecule has 0 aromatic heterocycles. The topological polar surface area (TPSA) is 0 Å². The number of hydrogen-bond donors (Lipinski definition) is 0. The largest absolute Gasteiger partial charge is 0.134 e. The Morgan fingerprint density at radius 2 is 1.88 bits per heavy atom. The van der Waals surface area contributed by atoms with E-state index in [0.717, 1.165) is 0 Å². The van der Waals surface area contributed by atoms with Crippen LogP contribution in [0, 0.1) is 0 Å². The molecule has 0 amide bonds. The third kappa shape index (κ3) is 2.41. The summed E-state index contributed by atoms with van der Waals surface area (Å²) in [4.78, 5) is 1.47. The molecule has 0 saturated heterocycles. The number of thioether (sulfide) groups is 1. The van der Waals surface area contributed by atoms with Gasteiger partial charge in [-0.05, 0) is 31.4 Å². The van der Waals surface area contributed by atoms with Gasteiger partial charge in [0, 0.05) is 0 Å². The molecule has 0 N–H and O–H groups in total. The molecule has 1 heteroatoms. The summed E-state index contributed by atoms with van der Waals surface area (Å²) >= 11 is 1.84. The van der Waals surface area contributed by atoms with Crippen molar-refractivity contribution in [3.63, 3.8) is 0 Å². The van der Waals surface area contributed by atoms with Crippen LogP contribution in [0.15, 0.2) is 10.5 Å². The second-order valence-electron chi connectivity index (χ2n) is 1.89. The van der Waals surface area contributed by atoms with Gasteiger partial charge >= 0.3 is 0 Å². The third-order valence-electron chi connectivity index (χ3n) is 1.44. The van der Waals surface area contributed by atoms with E-state index in [2.05, 4.69) is 27.0 Å². The van der Waals surface area contributed by atoms with Crippen LogP contribution in [0.4, 0.5) is 0 Å². The number of allylic oxidation sites excluding steroid dienone is 2. The zero-order valence-electron chi connectivity index (χ0n) is 6.12. The molecule has 0 rings (SSSR count). The molecule has 0 aromatic rings. The van der Waals surface area contributed by atoms with E-state index in [9.17, 15) is 0 Å². The molecule has 0 atom stereocenters. The van der Waals surface area contributed by atoms with Crippen molar-refractivity contribution in [2.75, 3.05) is 6.26 Å². The Morgan fingerprint density at radius 1 is 1.38 bits per heavy atom. The summed E-state index contributed by atoms with van der Waals surface area (Å²) in [6.45, 7) is 6.55. The van der Waals surface area contributed by atoms with Gasteiger partial charge in [0.1, 0.15) is 0 Å². The number of hydrogen-bond acceptors (Lipinski definition) is 1. The Labute approximate surface area is 56.4 Å². The normalized spacial score (nSPS) is 13.5. The van der Waals surface area contributed by atoms with Crippen molar-refractivity contribution in [3.05, 3.63) is 10.5 Å². The summed E-state index contributed by atoms with van der Waals surface area (Å²) in [6.07, 6.45) is 3.31. The lowest BCUT2D eigenvalue weighted by Crippen LogP contribution is -1.74. The van der Waals surface area contributed by atoms with Crippen molar-refractivity contribution in [3.8, 4) is 0 Å². The fraction of sp³-hybridized carbons (Fsp3) is 0.714. The van der Waals surface area contributed by atoms with Crippen LogP contribution < -0.4 is 0 Å². The molecule has 0 radical (unpaired) electrons. The second-order valence-corrected chi connectivity index (χ2v) is 2.91. The van der Waals surface area contributed by atoms with Crippen LogP contribution in [0.3, 0.4) is 0 Å². The molecule has 8 heavy (non-hydrogen) atoms. The van der Waals surface area contributed by atoms with E-state index in [1.54, 1.807) is 0 Å². The molecule has 0 aliphatic rings. The Balaban J connectivity index is 3.83. The van der Waals surface area contributed by atoms with Crippen LogP contribution in [0.5, 0.6) is 0 Å². The van der Waals surface area contributed by atoms with E-state index in [1.165, 1.54) is 16.9 Å². The summed E-state index contributed by atoms with van der Waals surface area (Å²) in [5.74, 6) is 0. The van der Waals surface area contributed by atoms with E-state index >= 15 is 0 Å². The molecule has 0 saturated carbocycles. The first-order chi connectivity index (χ1) is 3.72. The quantitative estimate of drug-likeness (QED) is 0.553. The monoisotopic (exact) mass is 130 g/mol. The standard InChI is InChI=1S/C7H14S/c1-5-6(2)7(3)8-4/h5H2,1-4H3. The van der Waals surface area contributed by atoms with Crippen LogP contribution in [0.2, 0.25) is 0 Å². The van der Waals surface area contributed by atoms with Crippen LogP contribution in [0.25, 0.3) is 0 Å². The maximum atomic E-state index is 2.19. The lowest BCUT2D eigenvalue weighted by atomic mass is 10.2. The highest BCUT2D eigenvalue weighted by Crippen LogP contribution is 2.16. The van der Waals surface area contributed by atoms with Gasteiger partial charge in [0.2, 0.25) is 0 Å². The van der Waals surface area contributed by atoms with Gasteiger partial charge in [0.05, 0.1) is 0 Å². The molecular weight excluding hydrogens is 116 g/mol. The van der Waals surface area contributed by atoms with E-state index in [0.29, 0.717) is 0 Å². The van der Waals surface area contributed by atoms with Crippen molar-refractivity contribution >= 4 is 11.8 Å². The zero-order chi connectivity index (χ0) is 6.57. The molecule has 0 heterocycles. The van der Waals surface area contributed by atoms with Crippen LogP contribution >= 0.6 is 11.8 Å². The van der Waals surface area contributed by atoms with Crippen LogP contribution in [0.1, 0.15) is 27.2 Å². The molecule has 0 nitrogen and oxygen atoms in total. The summed E-state index contributed by atoms with van der Waals surface area (Å²) in [6, 6.07) is 0. The minimum atomic E-state index is 1.19. The molecule has 0 aliphatic carbocycles. The van der Waals surface area contributed by atoms with Crippen molar-refractivity contribution in [2.45, 2.75) is 27.2 Å². The Bertz CT molecular complexity index is 80.6. The van der Waals surface area contributed by atoms with Crippen molar-refractivity contribution in [1.82, 2.24) is 0 Å². The Morgan fingerprint density at radius 3 is 2.00 bits per heavy atom. The van der Waals surface area contributed by atoms with Crippen molar-refractivity contribution in [1.29, 1.82) is 0 Å². The zero-order valence-corrected chi connectivity index (χ0v) is 6.93. The first kappa shape index (κ1) is 8.09. The smallest absolute Gasteiger partial charge is 0.0140 e. The summed E-state index contributed by atoms with van der Waals surface area (Å²) in [5.41, 5.74) is 1.51. The van der Waals surface area contributed by atoms with Gasteiger partial charge in [-0.3, -0.25) is 0 Å². The molecule has 0 fully saturated rings. The average Bonchev–Trinajstić information content (AvgIpc) is 1.84. The lowest BCUT2D eigenvalue weighted by molar-refractivity contribution is 1.09. The van der Waals surface area contributed by atoms with Gasteiger partial charge in [-0.2, -0.15) is 0 Å². The van der Waals surface area contributed by atoms with Crippen molar-refractivity contribution in [2.24, 2.45) is 0 Å². The lowest BCUT2D eigenvalue weighted by Gasteiger charge is -1.98. The fourth-order valence-corrected chi connectivity index (χ4v) is 0.916. The van der Waals surface area contributed by atoms with Gasteiger partial charge in [-0.15, -0.1) is 11.8 Å². The van der Waals surface area contributed by atoms with Gasteiger partial charge in [-0.25, -0.2) is 0 Å².